The van der Waals surface area contributed by atoms with E-state index in [4.69, 9.17) is 10.5 Å². The van der Waals surface area contributed by atoms with Crippen LogP contribution in [0.4, 0.5) is 5.82 Å². The second-order valence-corrected chi connectivity index (χ2v) is 6.18. The zero-order chi connectivity index (χ0) is 15.0. The standard InChI is InChI=1S/C15H22N4O2/c1-9-5-13(18-14(17-9)15(20)21-2)19-7-10-3-4-12(16)6-11(10)8-19/h5,10-12H,3-4,6-8,16H2,1-2H3/t10-,11+,12?/m1/s1. The van der Waals surface area contributed by atoms with Crippen molar-refractivity contribution in [2.45, 2.75) is 32.2 Å². The average Bonchev–Trinajstić information content (AvgIpc) is 2.88. The summed E-state index contributed by atoms with van der Waals surface area (Å²) in [6.07, 6.45) is 3.40. The zero-order valence-corrected chi connectivity index (χ0v) is 12.6. The molecule has 2 aliphatic rings. The number of rotatable bonds is 2. The molecule has 1 aromatic heterocycles. The van der Waals surface area contributed by atoms with Gasteiger partial charge in [-0.2, -0.15) is 0 Å². The normalized spacial score (nSPS) is 28.3. The van der Waals surface area contributed by atoms with Crippen LogP contribution in [-0.4, -0.2) is 42.2 Å². The summed E-state index contributed by atoms with van der Waals surface area (Å²) in [5.74, 6) is 1.82. The number of esters is 1. The number of aryl methyl sites for hydroxylation is 1. The number of ether oxygens (including phenoxy) is 1. The fraction of sp³-hybridized carbons (Fsp3) is 0.667. The molecule has 1 aliphatic carbocycles. The molecule has 0 spiro atoms. The second-order valence-electron chi connectivity index (χ2n) is 6.18. The highest BCUT2D eigenvalue weighted by atomic mass is 16.5. The Labute approximate surface area is 124 Å². The summed E-state index contributed by atoms with van der Waals surface area (Å²) >= 11 is 0. The molecule has 1 saturated carbocycles. The minimum atomic E-state index is -0.487. The summed E-state index contributed by atoms with van der Waals surface area (Å²) < 4.78 is 4.72. The summed E-state index contributed by atoms with van der Waals surface area (Å²) in [5.41, 5.74) is 6.86. The van der Waals surface area contributed by atoms with E-state index in [2.05, 4.69) is 14.9 Å². The Morgan fingerprint density at radius 3 is 2.86 bits per heavy atom. The number of nitrogens with two attached hydrogens (primary N) is 1. The van der Waals surface area contributed by atoms with Crippen molar-refractivity contribution in [2.24, 2.45) is 17.6 Å². The Morgan fingerprint density at radius 2 is 2.10 bits per heavy atom. The number of hydrogen-bond donors (Lipinski definition) is 1. The second kappa shape index (κ2) is 5.60. The molecule has 0 bridgehead atoms. The van der Waals surface area contributed by atoms with Gasteiger partial charge in [0.2, 0.25) is 5.82 Å². The Morgan fingerprint density at radius 1 is 1.33 bits per heavy atom. The topological polar surface area (TPSA) is 81.3 Å². The molecule has 6 nitrogen and oxygen atoms in total. The Hall–Kier alpha value is -1.69. The molecule has 2 N–H and O–H groups in total. The van der Waals surface area contributed by atoms with Crippen LogP contribution in [0.25, 0.3) is 0 Å². The van der Waals surface area contributed by atoms with E-state index in [1.165, 1.54) is 13.5 Å². The van der Waals surface area contributed by atoms with Gasteiger partial charge in [0.25, 0.3) is 0 Å². The van der Waals surface area contributed by atoms with E-state index in [0.29, 0.717) is 17.9 Å². The van der Waals surface area contributed by atoms with E-state index in [1.54, 1.807) is 0 Å². The van der Waals surface area contributed by atoms with Crippen LogP contribution in [0.5, 0.6) is 0 Å². The predicted molar refractivity (Wildman–Crippen MR) is 79.1 cm³/mol. The lowest BCUT2D eigenvalue weighted by atomic mass is 9.79. The van der Waals surface area contributed by atoms with Gasteiger partial charge in [-0.1, -0.05) is 0 Å². The van der Waals surface area contributed by atoms with Gasteiger partial charge in [-0.05, 0) is 38.0 Å². The van der Waals surface area contributed by atoms with Crippen molar-refractivity contribution in [2.75, 3.05) is 25.1 Å². The van der Waals surface area contributed by atoms with Gasteiger partial charge in [-0.3, -0.25) is 0 Å². The van der Waals surface area contributed by atoms with Crippen LogP contribution in [0, 0.1) is 18.8 Å². The molecule has 3 atom stereocenters. The van der Waals surface area contributed by atoms with E-state index in [1.807, 2.05) is 13.0 Å². The van der Waals surface area contributed by atoms with Gasteiger partial charge in [0.15, 0.2) is 0 Å². The maximum atomic E-state index is 11.6. The number of aromatic nitrogens is 2. The molecule has 1 aromatic rings. The number of carbonyl (C=O) groups excluding carboxylic acids is 1. The highest BCUT2D eigenvalue weighted by Crippen LogP contribution is 2.37. The lowest BCUT2D eigenvalue weighted by molar-refractivity contribution is 0.0586. The Balaban J connectivity index is 1.81. The summed E-state index contributed by atoms with van der Waals surface area (Å²) in [4.78, 5) is 22.4. The van der Waals surface area contributed by atoms with E-state index in [0.717, 1.165) is 37.4 Å². The number of carbonyl (C=O) groups is 1. The first-order valence-electron chi connectivity index (χ1n) is 7.51. The highest BCUT2D eigenvalue weighted by molar-refractivity contribution is 5.85. The van der Waals surface area contributed by atoms with E-state index >= 15 is 0 Å². The maximum Gasteiger partial charge on any atom is 0.376 e. The van der Waals surface area contributed by atoms with Gasteiger partial charge in [-0.25, -0.2) is 14.8 Å². The number of fused-ring (bicyclic) bond motifs is 1. The van der Waals surface area contributed by atoms with Crippen molar-refractivity contribution in [3.8, 4) is 0 Å². The lowest BCUT2D eigenvalue weighted by Crippen LogP contribution is -2.32. The Kier molecular flexibility index (Phi) is 3.80. The zero-order valence-electron chi connectivity index (χ0n) is 12.6. The number of nitrogens with zero attached hydrogens (tertiary/aromatic N) is 3. The van der Waals surface area contributed by atoms with Gasteiger partial charge in [0, 0.05) is 30.9 Å². The molecule has 3 rings (SSSR count). The van der Waals surface area contributed by atoms with E-state index in [-0.39, 0.29) is 5.82 Å². The smallest absolute Gasteiger partial charge is 0.376 e. The number of anilines is 1. The van der Waals surface area contributed by atoms with Gasteiger partial charge < -0.3 is 15.4 Å². The summed E-state index contributed by atoms with van der Waals surface area (Å²) in [5, 5.41) is 0. The average molecular weight is 290 g/mol. The van der Waals surface area contributed by atoms with Crippen LogP contribution in [0.3, 0.4) is 0 Å². The molecule has 0 aromatic carbocycles. The lowest BCUT2D eigenvalue weighted by Gasteiger charge is -2.27. The molecule has 1 unspecified atom stereocenters. The molecule has 21 heavy (non-hydrogen) atoms. The molecule has 0 amide bonds. The maximum absolute atomic E-state index is 11.6. The van der Waals surface area contributed by atoms with E-state index in [9.17, 15) is 4.79 Å². The van der Waals surface area contributed by atoms with Crippen molar-refractivity contribution in [3.05, 3.63) is 17.6 Å². The van der Waals surface area contributed by atoms with Gasteiger partial charge in [0.05, 0.1) is 7.11 Å². The first kappa shape index (κ1) is 14.3. The summed E-state index contributed by atoms with van der Waals surface area (Å²) in [6.45, 7) is 3.83. The molecule has 114 valence electrons. The third kappa shape index (κ3) is 2.85. The molecule has 0 radical (unpaired) electrons. The quantitative estimate of drug-likeness (QED) is 0.822. The predicted octanol–water partition coefficient (Wildman–Crippen LogP) is 1.14. The largest absolute Gasteiger partial charge is 0.463 e. The van der Waals surface area contributed by atoms with Crippen LogP contribution in [0.1, 0.15) is 35.6 Å². The van der Waals surface area contributed by atoms with Gasteiger partial charge in [0.1, 0.15) is 5.82 Å². The van der Waals surface area contributed by atoms with Crippen LogP contribution < -0.4 is 10.6 Å². The molecular weight excluding hydrogens is 268 g/mol. The fourth-order valence-corrected chi connectivity index (χ4v) is 3.55. The van der Waals surface area contributed by atoms with Crippen molar-refractivity contribution in [1.29, 1.82) is 0 Å². The van der Waals surface area contributed by atoms with Crippen LogP contribution >= 0.6 is 0 Å². The van der Waals surface area contributed by atoms with Crippen LogP contribution in [-0.2, 0) is 4.74 Å². The number of methoxy groups -OCH3 is 1. The molecule has 1 aliphatic heterocycles. The number of hydrogen-bond acceptors (Lipinski definition) is 6. The monoisotopic (exact) mass is 290 g/mol. The van der Waals surface area contributed by atoms with Crippen molar-refractivity contribution in [3.63, 3.8) is 0 Å². The van der Waals surface area contributed by atoms with Crippen LogP contribution in [0.2, 0.25) is 0 Å². The first-order chi connectivity index (χ1) is 10.1. The third-order valence-electron chi connectivity index (χ3n) is 4.62. The van der Waals surface area contributed by atoms with Gasteiger partial charge in [-0.15, -0.1) is 0 Å². The minimum absolute atomic E-state index is 0.138. The highest BCUT2D eigenvalue weighted by Gasteiger charge is 2.37. The molecule has 2 heterocycles. The Bertz CT molecular complexity index is 548. The summed E-state index contributed by atoms with van der Waals surface area (Å²) in [6, 6.07) is 2.27. The fourth-order valence-electron chi connectivity index (χ4n) is 3.55. The van der Waals surface area contributed by atoms with E-state index < -0.39 is 5.97 Å². The third-order valence-corrected chi connectivity index (χ3v) is 4.62. The van der Waals surface area contributed by atoms with Gasteiger partial charge >= 0.3 is 5.97 Å². The van der Waals surface area contributed by atoms with Crippen molar-refractivity contribution >= 4 is 11.8 Å². The summed E-state index contributed by atoms with van der Waals surface area (Å²) in [7, 11) is 1.35. The van der Waals surface area contributed by atoms with Crippen molar-refractivity contribution in [1.82, 2.24) is 9.97 Å². The molecule has 6 heteroatoms. The van der Waals surface area contributed by atoms with Crippen LogP contribution in [0.15, 0.2) is 6.07 Å². The molecule has 2 fully saturated rings. The minimum Gasteiger partial charge on any atom is -0.463 e. The molecule has 1 saturated heterocycles. The molecular formula is C15H22N4O2. The van der Waals surface area contributed by atoms with Crippen molar-refractivity contribution < 1.29 is 9.53 Å². The first-order valence-corrected chi connectivity index (χ1v) is 7.51. The SMILES string of the molecule is COC(=O)c1nc(C)cc(N2C[C@H]3CCC(N)C[C@H]3C2)n1.